The van der Waals surface area contributed by atoms with Crippen molar-refractivity contribution in [2.24, 2.45) is 0 Å². The van der Waals surface area contributed by atoms with E-state index in [0.717, 1.165) is 9.99 Å². The van der Waals surface area contributed by atoms with E-state index in [-0.39, 0.29) is 6.04 Å². The maximum Gasteiger partial charge on any atom is 0.0705 e. The first-order valence-electron chi connectivity index (χ1n) is 6.03. The monoisotopic (exact) mass is 332 g/mol. The molecular weight excluding hydrogens is 320 g/mol. The van der Waals surface area contributed by atoms with Crippen molar-refractivity contribution in [3.8, 4) is 0 Å². The van der Waals surface area contributed by atoms with Gasteiger partial charge in [0.1, 0.15) is 0 Å². The molecule has 1 aromatic carbocycles. The van der Waals surface area contributed by atoms with Gasteiger partial charge in [-0.05, 0) is 51.6 Å². The lowest BCUT2D eigenvalue weighted by molar-refractivity contribution is 0.696. The molecule has 1 N–H and O–H groups in total. The van der Waals surface area contributed by atoms with Gasteiger partial charge in [-0.1, -0.05) is 18.2 Å². The molecule has 0 fully saturated rings. The van der Waals surface area contributed by atoms with E-state index in [0.29, 0.717) is 0 Å². The lowest BCUT2D eigenvalue weighted by Crippen LogP contribution is -2.17. The zero-order valence-corrected chi connectivity index (χ0v) is 12.8. The van der Waals surface area contributed by atoms with E-state index in [9.17, 15) is 0 Å². The number of hydrogen-bond donors (Lipinski definition) is 1. The molecule has 0 aliphatic heterocycles. The first-order chi connectivity index (χ1) is 9.31. The van der Waals surface area contributed by atoms with Crippen LogP contribution in [0.1, 0.15) is 17.2 Å². The second kappa shape index (κ2) is 5.41. The van der Waals surface area contributed by atoms with Gasteiger partial charge in [-0.3, -0.25) is 4.98 Å². The maximum atomic E-state index is 4.43. The Morgan fingerprint density at radius 3 is 2.79 bits per heavy atom. The van der Waals surface area contributed by atoms with Crippen molar-refractivity contribution < 1.29 is 0 Å². The molecule has 3 aromatic rings. The van der Waals surface area contributed by atoms with Crippen LogP contribution in [0.4, 0.5) is 0 Å². The van der Waals surface area contributed by atoms with Crippen LogP contribution in [-0.4, -0.2) is 12.0 Å². The Labute approximate surface area is 124 Å². The molecule has 0 aliphatic rings. The molecule has 1 atom stereocenters. The third kappa shape index (κ3) is 2.31. The predicted octanol–water partition coefficient (Wildman–Crippen LogP) is 4.37. The van der Waals surface area contributed by atoms with Crippen molar-refractivity contribution in [2.75, 3.05) is 7.05 Å². The number of benzene rings is 1. The normalized spacial score (nSPS) is 12.7. The molecule has 2 heterocycles. The fraction of sp³-hybridized carbons (Fsp3) is 0.133. The van der Waals surface area contributed by atoms with Crippen LogP contribution in [0.3, 0.4) is 0 Å². The van der Waals surface area contributed by atoms with Gasteiger partial charge in [-0.2, -0.15) is 11.3 Å². The summed E-state index contributed by atoms with van der Waals surface area (Å²) in [5.41, 5.74) is 3.56. The predicted molar refractivity (Wildman–Crippen MR) is 84.7 cm³/mol. The summed E-state index contributed by atoms with van der Waals surface area (Å²) in [6.45, 7) is 0. The summed E-state index contributed by atoms with van der Waals surface area (Å²) in [4.78, 5) is 4.43. The molecule has 96 valence electrons. The SMILES string of the molecule is CNC(c1cscc1Br)c1cccc2ncccc12. The first-order valence-corrected chi connectivity index (χ1v) is 7.77. The summed E-state index contributed by atoms with van der Waals surface area (Å²) in [7, 11) is 1.99. The summed E-state index contributed by atoms with van der Waals surface area (Å²) >= 11 is 5.33. The molecule has 0 saturated carbocycles. The lowest BCUT2D eigenvalue weighted by Gasteiger charge is -2.18. The Hall–Kier alpha value is -1.23. The smallest absolute Gasteiger partial charge is 0.0705 e. The molecule has 0 saturated heterocycles. The average molecular weight is 333 g/mol. The first kappa shape index (κ1) is 12.8. The number of nitrogens with one attached hydrogen (secondary N) is 1. The van der Waals surface area contributed by atoms with Crippen LogP contribution in [0.25, 0.3) is 10.9 Å². The molecule has 0 amide bonds. The highest BCUT2D eigenvalue weighted by atomic mass is 79.9. The fourth-order valence-corrected chi connectivity index (χ4v) is 3.91. The molecule has 0 radical (unpaired) electrons. The van der Waals surface area contributed by atoms with Crippen LogP contribution < -0.4 is 5.32 Å². The number of halogens is 1. The van der Waals surface area contributed by atoms with Crippen LogP contribution in [0.2, 0.25) is 0 Å². The number of aromatic nitrogens is 1. The number of pyridine rings is 1. The van der Waals surface area contributed by atoms with Gasteiger partial charge in [0.05, 0.1) is 11.6 Å². The van der Waals surface area contributed by atoms with Crippen molar-refractivity contribution in [1.82, 2.24) is 10.3 Å². The summed E-state index contributed by atoms with van der Waals surface area (Å²) < 4.78 is 1.15. The van der Waals surface area contributed by atoms with Crippen molar-refractivity contribution in [3.05, 3.63) is 62.9 Å². The molecular formula is C15H13BrN2S. The highest BCUT2D eigenvalue weighted by Crippen LogP contribution is 2.34. The number of rotatable bonds is 3. The second-order valence-electron chi connectivity index (χ2n) is 4.31. The van der Waals surface area contributed by atoms with Crippen LogP contribution in [0, 0.1) is 0 Å². The van der Waals surface area contributed by atoms with E-state index in [4.69, 9.17) is 0 Å². The second-order valence-corrected chi connectivity index (χ2v) is 5.91. The van der Waals surface area contributed by atoms with Crippen LogP contribution in [-0.2, 0) is 0 Å². The lowest BCUT2D eigenvalue weighted by atomic mass is 9.97. The van der Waals surface area contributed by atoms with Crippen molar-refractivity contribution >= 4 is 38.2 Å². The number of hydrogen-bond acceptors (Lipinski definition) is 3. The van der Waals surface area contributed by atoms with Gasteiger partial charge in [0.15, 0.2) is 0 Å². The average Bonchev–Trinajstić information content (AvgIpc) is 2.86. The summed E-state index contributed by atoms with van der Waals surface area (Å²) in [5.74, 6) is 0. The topological polar surface area (TPSA) is 24.9 Å². The van der Waals surface area contributed by atoms with Crippen molar-refractivity contribution in [2.45, 2.75) is 6.04 Å². The fourth-order valence-electron chi connectivity index (χ4n) is 2.35. The van der Waals surface area contributed by atoms with Gasteiger partial charge in [-0.25, -0.2) is 0 Å². The Morgan fingerprint density at radius 2 is 2.05 bits per heavy atom. The standard InChI is InChI=1S/C15H13BrN2S/c1-17-15(12-8-19-9-13(12)16)11-4-2-6-14-10(11)5-3-7-18-14/h2-9,15,17H,1H3. The zero-order chi connectivity index (χ0) is 13.2. The van der Waals surface area contributed by atoms with E-state index in [2.05, 4.69) is 55.2 Å². The Balaban J connectivity index is 2.20. The minimum absolute atomic E-state index is 0.175. The molecule has 4 heteroatoms. The molecule has 2 nitrogen and oxygen atoms in total. The third-order valence-corrected chi connectivity index (χ3v) is 4.98. The molecule has 3 rings (SSSR count). The highest BCUT2D eigenvalue weighted by molar-refractivity contribution is 9.10. The number of thiophene rings is 1. The maximum absolute atomic E-state index is 4.43. The van der Waals surface area contributed by atoms with Crippen molar-refractivity contribution in [3.63, 3.8) is 0 Å². The summed E-state index contributed by atoms with van der Waals surface area (Å²) in [6, 6.07) is 10.6. The van der Waals surface area contributed by atoms with Gasteiger partial charge in [-0.15, -0.1) is 0 Å². The zero-order valence-electron chi connectivity index (χ0n) is 10.4. The number of nitrogens with zero attached hydrogens (tertiary/aromatic N) is 1. The molecule has 0 spiro atoms. The van der Waals surface area contributed by atoms with Crippen LogP contribution in [0.15, 0.2) is 51.8 Å². The highest BCUT2D eigenvalue weighted by Gasteiger charge is 2.17. The molecule has 19 heavy (non-hydrogen) atoms. The molecule has 1 unspecified atom stereocenters. The van der Waals surface area contributed by atoms with E-state index in [1.54, 1.807) is 11.3 Å². The minimum Gasteiger partial charge on any atom is -0.309 e. The molecule has 0 aliphatic carbocycles. The van der Waals surface area contributed by atoms with Crippen molar-refractivity contribution in [1.29, 1.82) is 0 Å². The van der Waals surface area contributed by atoms with Gasteiger partial charge < -0.3 is 5.32 Å². The Morgan fingerprint density at radius 1 is 1.16 bits per heavy atom. The number of fused-ring (bicyclic) bond motifs is 1. The van der Waals surface area contributed by atoms with E-state index >= 15 is 0 Å². The van der Waals surface area contributed by atoms with Gasteiger partial charge in [0.25, 0.3) is 0 Å². The van der Waals surface area contributed by atoms with Gasteiger partial charge in [0, 0.05) is 21.4 Å². The Bertz CT molecular complexity index is 703. The molecule has 2 aromatic heterocycles. The summed E-state index contributed by atoms with van der Waals surface area (Å²) in [5, 5.41) is 8.89. The van der Waals surface area contributed by atoms with E-state index in [1.807, 2.05) is 25.4 Å². The molecule has 0 bridgehead atoms. The van der Waals surface area contributed by atoms with E-state index < -0.39 is 0 Å². The summed E-state index contributed by atoms with van der Waals surface area (Å²) in [6.07, 6.45) is 1.83. The quantitative estimate of drug-likeness (QED) is 0.770. The van der Waals surface area contributed by atoms with Gasteiger partial charge in [0.2, 0.25) is 0 Å². The van der Waals surface area contributed by atoms with Gasteiger partial charge >= 0.3 is 0 Å². The Kier molecular flexibility index (Phi) is 3.64. The third-order valence-electron chi connectivity index (χ3n) is 3.23. The minimum atomic E-state index is 0.175. The van der Waals surface area contributed by atoms with Crippen LogP contribution >= 0.6 is 27.3 Å². The van der Waals surface area contributed by atoms with Crippen LogP contribution in [0.5, 0.6) is 0 Å². The largest absolute Gasteiger partial charge is 0.309 e. The van der Waals surface area contributed by atoms with E-state index in [1.165, 1.54) is 16.5 Å².